The van der Waals surface area contributed by atoms with Crippen molar-refractivity contribution in [1.82, 2.24) is 0 Å². The molecule has 0 amide bonds. The maximum absolute atomic E-state index is 11.4. The SMILES string of the molecule is CCCCOC(=O)COc1ccc([N+](=O)[O-])cc1CN. The molecule has 0 saturated carbocycles. The third-order valence-electron chi connectivity index (χ3n) is 2.58. The summed E-state index contributed by atoms with van der Waals surface area (Å²) in [5, 5.41) is 10.6. The number of hydrogen-bond donors (Lipinski definition) is 1. The van der Waals surface area contributed by atoms with Crippen LogP contribution in [0.1, 0.15) is 25.3 Å². The Morgan fingerprint density at radius 3 is 2.80 bits per heavy atom. The highest BCUT2D eigenvalue weighted by atomic mass is 16.6. The van der Waals surface area contributed by atoms with Crippen molar-refractivity contribution in [2.45, 2.75) is 26.3 Å². The van der Waals surface area contributed by atoms with Gasteiger partial charge in [0.25, 0.3) is 5.69 Å². The second-order valence-electron chi connectivity index (χ2n) is 4.12. The molecule has 2 N–H and O–H groups in total. The third kappa shape index (κ3) is 4.85. The van der Waals surface area contributed by atoms with Crippen LogP contribution < -0.4 is 10.5 Å². The van der Waals surface area contributed by atoms with Crippen LogP contribution >= 0.6 is 0 Å². The van der Waals surface area contributed by atoms with Crippen LogP contribution in [0.15, 0.2) is 18.2 Å². The van der Waals surface area contributed by atoms with Crippen LogP contribution in [0.5, 0.6) is 5.75 Å². The van der Waals surface area contributed by atoms with Gasteiger partial charge in [-0.1, -0.05) is 13.3 Å². The average Bonchev–Trinajstić information content (AvgIpc) is 2.45. The number of carbonyl (C=O) groups excluding carboxylic acids is 1. The topological polar surface area (TPSA) is 105 Å². The Bertz CT molecular complexity index is 476. The Hall–Kier alpha value is -2.15. The van der Waals surface area contributed by atoms with Crippen molar-refractivity contribution < 1.29 is 19.2 Å². The minimum absolute atomic E-state index is 0.0664. The zero-order valence-electron chi connectivity index (χ0n) is 11.3. The molecule has 7 heteroatoms. The highest BCUT2D eigenvalue weighted by Crippen LogP contribution is 2.23. The molecule has 110 valence electrons. The molecule has 0 radical (unpaired) electrons. The van der Waals surface area contributed by atoms with E-state index in [0.717, 1.165) is 12.8 Å². The molecule has 0 aromatic heterocycles. The zero-order chi connectivity index (χ0) is 15.0. The second-order valence-corrected chi connectivity index (χ2v) is 4.12. The lowest BCUT2D eigenvalue weighted by atomic mass is 10.2. The summed E-state index contributed by atoms with van der Waals surface area (Å²) in [6.07, 6.45) is 1.74. The van der Waals surface area contributed by atoms with Gasteiger partial charge in [0.15, 0.2) is 6.61 Å². The van der Waals surface area contributed by atoms with E-state index in [4.69, 9.17) is 15.2 Å². The average molecular weight is 282 g/mol. The molecule has 0 fully saturated rings. The van der Waals surface area contributed by atoms with Gasteiger partial charge >= 0.3 is 5.97 Å². The Morgan fingerprint density at radius 2 is 2.20 bits per heavy atom. The van der Waals surface area contributed by atoms with Gasteiger partial charge in [0, 0.05) is 24.2 Å². The highest BCUT2D eigenvalue weighted by molar-refractivity contribution is 5.71. The lowest BCUT2D eigenvalue weighted by molar-refractivity contribution is -0.384. The summed E-state index contributed by atoms with van der Waals surface area (Å²) in [6.45, 7) is 2.20. The van der Waals surface area contributed by atoms with Gasteiger partial charge in [-0.3, -0.25) is 10.1 Å². The first kappa shape index (κ1) is 15.9. The van der Waals surface area contributed by atoms with Crippen molar-refractivity contribution in [1.29, 1.82) is 0 Å². The number of non-ortho nitro benzene ring substituents is 1. The van der Waals surface area contributed by atoms with Gasteiger partial charge in [-0.15, -0.1) is 0 Å². The molecule has 0 atom stereocenters. The molecule has 1 aromatic carbocycles. The third-order valence-corrected chi connectivity index (χ3v) is 2.58. The molecule has 0 unspecified atom stereocenters. The van der Waals surface area contributed by atoms with Crippen molar-refractivity contribution in [3.8, 4) is 5.75 Å². The molecule has 20 heavy (non-hydrogen) atoms. The molecule has 0 aliphatic carbocycles. The first-order chi connectivity index (χ1) is 9.58. The van der Waals surface area contributed by atoms with E-state index in [1.807, 2.05) is 6.92 Å². The van der Waals surface area contributed by atoms with Crippen molar-refractivity contribution in [2.24, 2.45) is 5.73 Å². The summed E-state index contributed by atoms with van der Waals surface area (Å²) < 4.78 is 10.2. The Balaban J connectivity index is 2.59. The van der Waals surface area contributed by atoms with E-state index in [1.165, 1.54) is 18.2 Å². The Kier molecular flexibility index (Phi) is 6.45. The molecule has 0 bridgehead atoms. The number of rotatable bonds is 8. The summed E-state index contributed by atoms with van der Waals surface area (Å²) in [4.78, 5) is 21.5. The van der Waals surface area contributed by atoms with E-state index in [2.05, 4.69) is 0 Å². The summed E-state index contributed by atoms with van der Waals surface area (Å²) in [5.41, 5.74) is 5.91. The lowest BCUT2D eigenvalue weighted by Crippen LogP contribution is -2.16. The predicted octanol–water partition coefficient (Wildman–Crippen LogP) is 1.78. The Labute approximate surface area is 116 Å². The fourth-order valence-electron chi connectivity index (χ4n) is 1.49. The molecule has 7 nitrogen and oxygen atoms in total. The van der Waals surface area contributed by atoms with Gasteiger partial charge < -0.3 is 15.2 Å². The fourth-order valence-corrected chi connectivity index (χ4v) is 1.49. The smallest absolute Gasteiger partial charge is 0.344 e. The normalized spacial score (nSPS) is 10.1. The maximum Gasteiger partial charge on any atom is 0.344 e. The van der Waals surface area contributed by atoms with Gasteiger partial charge in [0.1, 0.15) is 5.75 Å². The minimum atomic E-state index is -0.512. The number of esters is 1. The summed E-state index contributed by atoms with van der Waals surface area (Å²) >= 11 is 0. The van der Waals surface area contributed by atoms with E-state index >= 15 is 0 Å². The molecule has 0 spiro atoms. The summed E-state index contributed by atoms with van der Waals surface area (Å²) in [6, 6.07) is 4.06. The largest absolute Gasteiger partial charge is 0.482 e. The molecule has 0 aliphatic rings. The van der Waals surface area contributed by atoms with Gasteiger partial charge in [0.2, 0.25) is 0 Å². The van der Waals surface area contributed by atoms with Crippen molar-refractivity contribution >= 4 is 11.7 Å². The molecule has 0 heterocycles. The number of ether oxygens (including phenoxy) is 2. The van der Waals surface area contributed by atoms with Gasteiger partial charge in [-0.05, 0) is 12.5 Å². The number of nitrogens with two attached hydrogens (primary N) is 1. The molecule has 0 saturated heterocycles. The number of nitro groups is 1. The monoisotopic (exact) mass is 282 g/mol. The highest BCUT2D eigenvalue weighted by Gasteiger charge is 2.12. The van der Waals surface area contributed by atoms with Gasteiger partial charge in [-0.2, -0.15) is 0 Å². The van der Waals surface area contributed by atoms with E-state index in [1.54, 1.807) is 0 Å². The van der Waals surface area contributed by atoms with Crippen LogP contribution in [-0.2, 0) is 16.1 Å². The number of unbranched alkanes of at least 4 members (excludes halogenated alkanes) is 1. The molecule has 1 rings (SSSR count). The number of nitro benzene ring substituents is 1. The van der Waals surface area contributed by atoms with Crippen molar-refractivity contribution in [3.63, 3.8) is 0 Å². The molecule has 0 aliphatic heterocycles. The van der Waals surface area contributed by atoms with Crippen LogP contribution in [0.4, 0.5) is 5.69 Å². The Morgan fingerprint density at radius 1 is 1.45 bits per heavy atom. The lowest BCUT2D eigenvalue weighted by Gasteiger charge is -2.10. The minimum Gasteiger partial charge on any atom is -0.482 e. The fraction of sp³-hybridized carbons (Fsp3) is 0.462. The molecular formula is C13H18N2O5. The summed E-state index contributed by atoms with van der Waals surface area (Å²) in [5.74, 6) is -0.120. The van der Waals surface area contributed by atoms with Crippen molar-refractivity contribution in [2.75, 3.05) is 13.2 Å². The van der Waals surface area contributed by atoms with Crippen LogP contribution in [0.3, 0.4) is 0 Å². The number of nitrogens with zero attached hydrogens (tertiary/aromatic N) is 1. The van der Waals surface area contributed by atoms with Gasteiger partial charge in [0.05, 0.1) is 11.5 Å². The number of carbonyl (C=O) groups is 1. The van der Waals surface area contributed by atoms with E-state index in [-0.39, 0.29) is 18.8 Å². The van der Waals surface area contributed by atoms with Crippen molar-refractivity contribution in [3.05, 3.63) is 33.9 Å². The van der Waals surface area contributed by atoms with E-state index in [0.29, 0.717) is 17.9 Å². The standard InChI is InChI=1S/C13H18N2O5/c1-2-3-6-19-13(16)9-20-12-5-4-11(15(17)18)7-10(12)8-14/h4-5,7H,2-3,6,8-9,14H2,1H3. The predicted molar refractivity (Wildman–Crippen MR) is 72.3 cm³/mol. The van der Waals surface area contributed by atoms with E-state index in [9.17, 15) is 14.9 Å². The number of hydrogen-bond acceptors (Lipinski definition) is 6. The first-order valence-electron chi connectivity index (χ1n) is 6.34. The molecular weight excluding hydrogens is 264 g/mol. The van der Waals surface area contributed by atoms with E-state index < -0.39 is 10.9 Å². The zero-order valence-corrected chi connectivity index (χ0v) is 11.3. The second kappa shape index (κ2) is 8.11. The quantitative estimate of drug-likeness (QED) is 0.337. The molecule has 1 aromatic rings. The first-order valence-corrected chi connectivity index (χ1v) is 6.34. The van der Waals surface area contributed by atoms with Crippen LogP contribution in [0.2, 0.25) is 0 Å². The van der Waals surface area contributed by atoms with Gasteiger partial charge in [-0.25, -0.2) is 4.79 Å². The summed E-state index contributed by atoms with van der Waals surface area (Å²) in [7, 11) is 0. The van der Waals surface area contributed by atoms with Crippen LogP contribution in [0, 0.1) is 10.1 Å². The van der Waals surface area contributed by atoms with Crippen LogP contribution in [0.25, 0.3) is 0 Å². The maximum atomic E-state index is 11.4. The van der Waals surface area contributed by atoms with Crippen LogP contribution in [-0.4, -0.2) is 24.1 Å². The number of benzene rings is 1.